The van der Waals surface area contributed by atoms with Gasteiger partial charge in [0.25, 0.3) is 0 Å². The number of carbonyl (C=O) groups excluding carboxylic acids is 1. The maximum Gasteiger partial charge on any atom is 0.308 e. The first-order chi connectivity index (χ1) is 8.55. The average molecular weight is 334 g/mol. The van der Waals surface area contributed by atoms with Crippen LogP contribution in [-0.4, -0.2) is 22.7 Å². The molecule has 4 nitrogen and oxygen atoms in total. The lowest BCUT2D eigenvalue weighted by Crippen LogP contribution is -2.34. The second-order valence-corrected chi connectivity index (χ2v) is 6.94. The van der Waals surface area contributed by atoms with E-state index >= 15 is 0 Å². The summed E-state index contributed by atoms with van der Waals surface area (Å²) in [7, 11) is 0. The number of aliphatic hydroxyl groups is 1. The predicted molar refractivity (Wildman–Crippen MR) is 72.3 cm³/mol. The van der Waals surface area contributed by atoms with E-state index in [2.05, 4.69) is 20.9 Å². The van der Waals surface area contributed by atoms with Crippen LogP contribution in [0.2, 0.25) is 0 Å². The lowest BCUT2D eigenvalue weighted by atomic mass is 9.79. The second-order valence-electron chi connectivity index (χ2n) is 4.53. The van der Waals surface area contributed by atoms with Gasteiger partial charge in [0.1, 0.15) is 10.6 Å². The molecule has 0 aliphatic heterocycles. The number of thiazole rings is 1. The van der Waals surface area contributed by atoms with Crippen LogP contribution >= 0.6 is 27.3 Å². The van der Waals surface area contributed by atoms with E-state index in [0.717, 1.165) is 8.79 Å². The number of ether oxygens (including phenoxy) is 1. The number of hydrogen-bond acceptors (Lipinski definition) is 5. The van der Waals surface area contributed by atoms with Crippen LogP contribution < -0.4 is 0 Å². The molecular formula is C12H16BrNO3S. The van der Waals surface area contributed by atoms with Crippen LogP contribution in [0.4, 0.5) is 0 Å². The summed E-state index contributed by atoms with van der Waals surface area (Å²) in [5.74, 6) is -0.214. The van der Waals surface area contributed by atoms with Gasteiger partial charge in [0.15, 0.2) is 0 Å². The largest absolute Gasteiger partial charge is 0.466 e. The Kier molecular flexibility index (Phi) is 4.40. The summed E-state index contributed by atoms with van der Waals surface area (Å²) in [6, 6.07) is 0. The number of aromatic nitrogens is 1. The van der Waals surface area contributed by atoms with Crippen LogP contribution in [0.3, 0.4) is 0 Å². The van der Waals surface area contributed by atoms with Crippen molar-refractivity contribution in [2.75, 3.05) is 6.61 Å². The molecule has 1 fully saturated rings. The first-order valence-corrected chi connectivity index (χ1v) is 7.67. The number of esters is 1. The zero-order chi connectivity index (χ0) is 13.2. The second kappa shape index (κ2) is 5.67. The van der Waals surface area contributed by atoms with E-state index in [9.17, 15) is 9.90 Å². The van der Waals surface area contributed by atoms with E-state index < -0.39 is 5.60 Å². The van der Waals surface area contributed by atoms with Gasteiger partial charge in [-0.05, 0) is 48.5 Å². The standard InChI is InChI=1S/C12H16BrNO3S/c1-2-17-10(15)8-3-5-12(16,6-4-8)11-14-7-9(13)18-11/h7-8,16H,2-6H2,1H3/t8-,12-. The molecule has 6 heteroatoms. The SMILES string of the molecule is CCOC(=O)[C@H]1CC[C@@](O)(c2ncc(Br)s2)CC1. The molecule has 0 aromatic carbocycles. The van der Waals surface area contributed by atoms with Crippen molar-refractivity contribution in [1.29, 1.82) is 0 Å². The average Bonchev–Trinajstić information content (AvgIpc) is 2.78. The van der Waals surface area contributed by atoms with Crippen molar-refractivity contribution in [3.63, 3.8) is 0 Å². The Morgan fingerprint density at radius 1 is 1.67 bits per heavy atom. The van der Waals surface area contributed by atoms with Gasteiger partial charge < -0.3 is 9.84 Å². The van der Waals surface area contributed by atoms with Gasteiger partial charge in [0.05, 0.1) is 22.5 Å². The maximum atomic E-state index is 11.6. The summed E-state index contributed by atoms with van der Waals surface area (Å²) in [4.78, 5) is 15.8. The highest BCUT2D eigenvalue weighted by atomic mass is 79.9. The first kappa shape index (κ1) is 14.0. The molecule has 0 radical (unpaired) electrons. The number of nitrogens with zero attached hydrogens (tertiary/aromatic N) is 1. The predicted octanol–water partition coefficient (Wildman–Crippen LogP) is 2.85. The highest BCUT2D eigenvalue weighted by Gasteiger charge is 2.39. The van der Waals surface area contributed by atoms with E-state index in [1.165, 1.54) is 11.3 Å². The summed E-state index contributed by atoms with van der Waals surface area (Å²) < 4.78 is 5.93. The molecule has 0 amide bonds. The minimum Gasteiger partial charge on any atom is -0.466 e. The van der Waals surface area contributed by atoms with Crippen LogP contribution in [0.5, 0.6) is 0 Å². The third-order valence-electron chi connectivity index (χ3n) is 3.31. The van der Waals surface area contributed by atoms with Crippen molar-refractivity contribution in [1.82, 2.24) is 4.98 Å². The topological polar surface area (TPSA) is 59.4 Å². The van der Waals surface area contributed by atoms with Crippen LogP contribution in [0.15, 0.2) is 9.98 Å². The van der Waals surface area contributed by atoms with Crippen molar-refractivity contribution in [3.05, 3.63) is 15.0 Å². The molecule has 0 unspecified atom stereocenters. The smallest absolute Gasteiger partial charge is 0.308 e. The summed E-state index contributed by atoms with van der Waals surface area (Å²) >= 11 is 4.80. The zero-order valence-electron chi connectivity index (χ0n) is 10.2. The van der Waals surface area contributed by atoms with E-state index in [4.69, 9.17) is 4.74 Å². The highest BCUT2D eigenvalue weighted by molar-refractivity contribution is 9.11. The van der Waals surface area contributed by atoms with E-state index in [-0.39, 0.29) is 11.9 Å². The monoisotopic (exact) mass is 333 g/mol. The Hall–Kier alpha value is -0.460. The normalized spacial score (nSPS) is 28.1. The fraction of sp³-hybridized carbons (Fsp3) is 0.667. The molecule has 0 spiro atoms. The van der Waals surface area contributed by atoms with Crippen molar-refractivity contribution >= 4 is 33.2 Å². The molecule has 1 saturated carbocycles. The highest BCUT2D eigenvalue weighted by Crippen LogP contribution is 2.41. The van der Waals surface area contributed by atoms with Gasteiger partial charge in [0.2, 0.25) is 0 Å². The molecule has 0 bridgehead atoms. The van der Waals surface area contributed by atoms with E-state index in [0.29, 0.717) is 32.3 Å². The molecule has 0 atom stereocenters. The summed E-state index contributed by atoms with van der Waals surface area (Å²) in [5, 5.41) is 11.3. The fourth-order valence-corrected chi connectivity index (χ4v) is 3.63. The molecule has 1 aliphatic rings. The molecule has 1 aromatic heterocycles. The van der Waals surface area contributed by atoms with Crippen molar-refractivity contribution < 1.29 is 14.6 Å². The number of hydrogen-bond donors (Lipinski definition) is 1. The molecule has 1 aliphatic carbocycles. The summed E-state index contributed by atoms with van der Waals surface area (Å²) in [6.45, 7) is 2.23. The maximum absolute atomic E-state index is 11.6. The number of rotatable bonds is 3. The van der Waals surface area contributed by atoms with Gasteiger partial charge in [-0.1, -0.05) is 0 Å². The van der Waals surface area contributed by atoms with Gasteiger partial charge in [-0.3, -0.25) is 4.79 Å². The lowest BCUT2D eigenvalue weighted by molar-refractivity contribution is -0.151. The van der Waals surface area contributed by atoms with E-state index in [1.807, 2.05) is 6.92 Å². The Morgan fingerprint density at radius 3 is 2.83 bits per heavy atom. The third kappa shape index (κ3) is 2.92. The fourth-order valence-electron chi connectivity index (χ4n) is 2.27. The quantitative estimate of drug-likeness (QED) is 0.864. The van der Waals surface area contributed by atoms with Crippen molar-refractivity contribution in [3.8, 4) is 0 Å². The van der Waals surface area contributed by atoms with Crippen LogP contribution in [-0.2, 0) is 15.1 Å². The summed E-state index contributed by atoms with van der Waals surface area (Å²) in [6.07, 6.45) is 4.15. The molecule has 100 valence electrons. The Labute approximate surface area is 119 Å². The van der Waals surface area contributed by atoms with Crippen LogP contribution in [0.1, 0.15) is 37.6 Å². The van der Waals surface area contributed by atoms with Gasteiger partial charge in [-0.15, -0.1) is 11.3 Å². The zero-order valence-corrected chi connectivity index (χ0v) is 12.6. The van der Waals surface area contributed by atoms with Crippen molar-refractivity contribution in [2.24, 2.45) is 5.92 Å². The first-order valence-electron chi connectivity index (χ1n) is 6.06. The third-order valence-corrected chi connectivity index (χ3v) is 4.98. The molecule has 2 rings (SSSR count). The van der Waals surface area contributed by atoms with E-state index in [1.54, 1.807) is 6.20 Å². The molecule has 1 heterocycles. The number of halogens is 1. The molecule has 1 aromatic rings. The summed E-state index contributed by atoms with van der Waals surface area (Å²) in [5.41, 5.74) is -0.875. The van der Waals surface area contributed by atoms with Crippen LogP contribution in [0.25, 0.3) is 0 Å². The Balaban J connectivity index is 1.99. The lowest BCUT2D eigenvalue weighted by Gasteiger charge is -2.33. The molecule has 0 saturated heterocycles. The molecular weight excluding hydrogens is 318 g/mol. The molecule has 18 heavy (non-hydrogen) atoms. The van der Waals surface area contributed by atoms with Gasteiger partial charge in [-0.2, -0.15) is 0 Å². The molecule has 1 N–H and O–H groups in total. The van der Waals surface area contributed by atoms with Gasteiger partial charge in [0, 0.05) is 0 Å². The van der Waals surface area contributed by atoms with Crippen molar-refractivity contribution in [2.45, 2.75) is 38.2 Å². The Bertz CT molecular complexity index is 427. The Morgan fingerprint density at radius 2 is 2.33 bits per heavy atom. The van der Waals surface area contributed by atoms with Crippen LogP contribution in [0, 0.1) is 5.92 Å². The minimum absolute atomic E-state index is 0.0753. The van der Waals surface area contributed by atoms with Gasteiger partial charge in [-0.25, -0.2) is 4.98 Å². The number of carbonyl (C=O) groups is 1. The minimum atomic E-state index is -0.875. The van der Waals surface area contributed by atoms with Gasteiger partial charge >= 0.3 is 5.97 Å².